The molecule has 0 saturated heterocycles. The summed E-state index contributed by atoms with van der Waals surface area (Å²) in [7, 11) is 0. The van der Waals surface area contributed by atoms with Gasteiger partial charge in [-0.25, -0.2) is 4.98 Å². The van der Waals surface area contributed by atoms with Crippen molar-refractivity contribution in [2.45, 2.75) is 30.7 Å². The summed E-state index contributed by atoms with van der Waals surface area (Å²) in [4.78, 5) is 4.40. The monoisotopic (exact) mass is 290 g/mol. The van der Waals surface area contributed by atoms with Crippen LogP contribution in [0.15, 0.2) is 38.6 Å². The molecule has 0 radical (unpaired) electrons. The van der Waals surface area contributed by atoms with Crippen LogP contribution >= 0.6 is 11.8 Å². The number of furan rings is 1. The molecule has 0 bridgehead atoms. The Morgan fingerprint density at radius 1 is 1.35 bits per heavy atom. The standard InChI is InChI=1S/C13H14N4O2S/c1-8(2)12-14-13(16-15-12)20-7-9-6-11(19-17-9)10-4-3-5-18-10/h3-6,8H,7H2,1-2H3,(H,14,15,16). The second kappa shape index (κ2) is 5.54. The molecule has 3 aromatic rings. The maximum atomic E-state index is 5.26. The van der Waals surface area contributed by atoms with Crippen LogP contribution in [0.4, 0.5) is 0 Å². The summed E-state index contributed by atoms with van der Waals surface area (Å²) in [6.45, 7) is 4.14. The summed E-state index contributed by atoms with van der Waals surface area (Å²) < 4.78 is 10.5. The highest BCUT2D eigenvalue weighted by Crippen LogP contribution is 2.24. The van der Waals surface area contributed by atoms with Crippen molar-refractivity contribution in [3.63, 3.8) is 0 Å². The van der Waals surface area contributed by atoms with Gasteiger partial charge >= 0.3 is 0 Å². The van der Waals surface area contributed by atoms with Gasteiger partial charge in [-0.2, -0.15) is 0 Å². The highest BCUT2D eigenvalue weighted by molar-refractivity contribution is 7.98. The van der Waals surface area contributed by atoms with Crippen molar-refractivity contribution in [2.24, 2.45) is 0 Å². The van der Waals surface area contributed by atoms with E-state index in [0.29, 0.717) is 23.2 Å². The quantitative estimate of drug-likeness (QED) is 0.725. The topological polar surface area (TPSA) is 80.7 Å². The largest absolute Gasteiger partial charge is 0.461 e. The van der Waals surface area contributed by atoms with Crippen LogP contribution < -0.4 is 0 Å². The Labute approximate surface area is 120 Å². The first-order chi connectivity index (χ1) is 9.72. The van der Waals surface area contributed by atoms with Gasteiger partial charge in [0, 0.05) is 17.7 Å². The van der Waals surface area contributed by atoms with E-state index in [-0.39, 0.29) is 0 Å². The Morgan fingerprint density at radius 2 is 2.25 bits per heavy atom. The van der Waals surface area contributed by atoms with Gasteiger partial charge in [0.2, 0.25) is 10.9 Å². The van der Waals surface area contributed by atoms with Crippen LogP contribution in [0.1, 0.15) is 31.3 Å². The number of aromatic nitrogens is 4. The Bertz CT molecular complexity index is 672. The lowest BCUT2D eigenvalue weighted by Crippen LogP contribution is -1.89. The number of hydrogen-bond donors (Lipinski definition) is 1. The number of H-pyrrole nitrogens is 1. The molecule has 0 spiro atoms. The van der Waals surface area contributed by atoms with Gasteiger partial charge in [-0.3, -0.25) is 5.10 Å². The lowest BCUT2D eigenvalue weighted by Gasteiger charge is -1.95. The average molecular weight is 290 g/mol. The van der Waals surface area contributed by atoms with E-state index in [9.17, 15) is 0 Å². The van der Waals surface area contributed by atoms with E-state index < -0.39 is 0 Å². The average Bonchev–Trinajstić information content (AvgIpc) is 3.17. The van der Waals surface area contributed by atoms with E-state index >= 15 is 0 Å². The SMILES string of the molecule is CC(C)c1nc(SCc2cc(-c3ccco3)on2)n[nH]1. The Hall–Kier alpha value is -2.02. The van der Waals surface area contributed by atoms with Crippen LogP contribution in [0.2, 0.25) is 0 Å². The van der Waals surface area contributed by atoms with E-state index in [0.717, 1.165) is 16.7 Å². The molecule has 0 unspecified atom stereocenters. The fourth-order valence-electron chi connectivity index (χ4n) is 1.63. The van der Waals surface area contributed by atoms with E-state index in [1.807, 2.05) is 18.2 Å². The molecule has 0 aliphatic carbocycles. The molecule has 0 aliphatic rings. The lowest BCUT2D eigenvalue weighted by molar-refractivity contribution is 0.413. The molecule has 3 heterocycles. The Morgan fingerprint density at radius 3 is 2.95 bits per heavy atom. The number of aromatic amines is 1. The van der Waals surface area contributed by atoms with Crippen LogP contribution in [-0.4, -0.2) is 20.3 Å². The van der Waals surface area contributed by atoms with Crippen LogP contribution in [0.3, 0.4) is 0 Å². The maximum absolute atomic E-state index is 5.26. The number of thioether (sulfide) groups is 1. The zero-order valence-electron chi connectivity index (χ0n) is 11.2. The van der Waals surface area contributed by atoms with Gasteiger partial charge in [-0.05, 0) is 12.1 Å². The Balaban J connectivity index is 1.63. The normalized spacial score (nSPS) is 11.3. The smallest absolute Gasteiger partial charge is 0.208 e. The molecule has 0 saturated carbocycles. The third kappa shape index (κ3) is 2.77. The highest BCUT2D eigenvalue weighted by atomic mass is 32.2. The van der Waals surface area contributed by atoms with Gasteiger partial charge in [0.25, 0.3) is 0 Å². The third-order valence-electron chi connectivity index (χ3n) is 2.70. The zero-order chi connectivity index (χ0) is 13.9. The zero-order valence-corrected chi connectivity index (χ0v) is 12.0. The highest BCUT2D eigenvalue weighted by Gasteiger charge is 2.11. The van der Waals surface area contributed by atoms with Crippen LogP contribution in [0.25, 0.3) is 11.5 Å². The first-order valence-corrected chi connectivity index (χ1v) is 7.25. The minimum Gasteiger partial charge on any atom is -0.461 e. The van der Waals surface area contributed by atoms with Gasteiger partial charge in [0.05, 0.1) is 12.0 Å². The minimum atomic E-state index is 0.342. The molecular formula is C13H14N4O2S. The van der Waals surface area contributed by atoms with Gasteiger partial charge in [-0.15, -0.1) is 5.10 Å². The minimum absolute atomic E-state index is 0.342. The molecule has 6 nitrogen and oxygen atoms in total. The van der Waals surface area contributed by atoms with Crippen LogP contribution in [0, 0.1) is 0 Å². The van der Waals surface area contributed by atoms with Crippen molar-refractivity contribution in [3.8, 4) is 11.5 Å². The molecule has 0 aliphatic heterocycles. The summed E-state index contributed by atoms with van der Waals surface area (Å²) in [6, 6.07) is 5.51. The summed E-state index contributed by atoms with van der Waals surface area (Å²) in [5, 5.41) is 11.8. The van der Waals surface area contributed by atoms with Gasteiger partial charge < -0.3 is 8.94 Å². The van der Waals surface area contributed by atoms with Crippen molar-refractivity contribution < 1.29 is 8.94 Å². The summed E-state index contributed by atoms with van der Waals surface area (Å²) in [5.41, 5.74) is 0.831. The lowest BCUT2D eigenvalue weighted by atomic mass is 10.2. The number of nitrogens with zero attached hydrogens (tertiary/aromatic N) is 3. The molecule has 104 valence electrons. The van der Waals surface area contributed by atoms with Crippen molar-refractivity contribution in [1.82, 2.24) is 20.3 Å². The predicted octanol–water partition coefficient (Wildman–Crippen LogP) is 3.47. The first kappa shape index (κ1) is 13.0. The molecule has 0 aromatic carbocycles. The van der Waals surface area contributed by atoms with E-state index in [1.165, 1.54) is 11.8 Å². The predicted molar refractivity (Wildman–Crippen MR) is 74.2 cm³/mol. The molecule has 0 amide bonds. The molecule has 3 aromatic heterocycles. The van der Waals surface area contributed by atoms with Gasteiger partial charge in [0.15, 0.2) is 5.76 Å². The second-order valence-electron chi connectivity index (χ2n) is 4.61. The molecule has 3 rings (SSSR count). The van der Waals surface area contributed by atoms with Crippen molar-refractivity contribution in [1.29, 1.82) is 0 Å². The van der Waals surface area contributed by atoms with Crippen molar-refractivity contribution >= 4 is 11.8 Å². The Kier molecular flexibility index (Phi) is 3.60. The van der Waals surface area contributed by atoms with Crippen molar-refractivity contribution in [2.75, 3.05) is 0 Å². The molecule has 0 fully saturated rings. The fourth-order valence-corrected chi connectivity index (χ4v) is 2.32. The summed E-state index contributed by atoms with van der Waals surface area (Å²) >= 11 is 1.52. The van der Waals surface area contributed by atoms with Gasteiger partial charge in [-0.1, -0.05) is 30.8 Å². The maximum Gasteiger partial charge on any atom is 0.208 e. The number of nitrogens with one attached hydrogen (secondary N) is 1. The van der Waals surface area contributed by atoms with Gasteiger partial charge in [0.1, 0.15) is 5.82 Å². The van der Waals surface area contributed by atoms with Crippen LogP contribution in [-0.2, 0) is 5.75 Å². The first-order valence-electron chi connectivity index (χ1n) is 6.27. The molecular weight excluding hydrogens is 276 g/mol. The number of rotatable bonds is 5. The molecule has 20 heavy (non-hydrogen) atoms. The van der Waals surface area contributed by atoms with E-state index in [2.05, 4.69) is 34.2 Å². The summed E-state index contributed by atoms with van der Waals surface area (Å²) in [5.74, 6) is 3.19. The second-order valence-corrected chi connectivity index (χ2v) is 5.55. The number of hydrogen-bond acceptors (Lipinski definition) is 6. The summed E-state index contributed by atoms with van der Waals surface area (Å²) in [6.07, 6.45) is 1.60. The molecule has 7 heteroatoms. The molecule has 1 N–H and O–H groups in total. The fraction of sp³-hybridized carbons (Fsp3) is 0.308. The van der Waals surface area contributed by atoms with E-state index in [4.69, 9.17) is 8.94 Å². The molecule has 0 atom stereocenters. The van der Waals surface area contributed by atoms with E-state index in [1.54, 1.807) is 6.26 Å². The third-order valence-corrected chi connectivity index (χ3v) is 3.58. The van der Waals surface area contributed by atoms with Crippen molar-refractivity contribution in [3.05, 3.63) is 36.0 Å². The van der Waals surface area contributed by atoms with Crippen LogP contribution in [0.5, 0.6) is 0 Å².